The second-order valence-corrected chi connectivity index (χ2v) is 2.31. The SMILES string of the molecule is N=C(N)N(C(=N)N)c1ccncc1. The smallest absolute Gasteiger partial charge is 0.200 e. The predicted octanol–water partition coefficient (Wildman–Crippen LogP) is -0.325. The summed E-state index contributed by atoms with van der Waals surface area (Å²) < 4.78 is 0. The zero-order chi connectivity index (χ0) is 9.84. The number of pyridine rings is 1. The van der Waals surface area contributed by atoms with Crippen molar-refractivity contribution in [3.8, 4) is 0 Å². The summed E-state index contributed by atoms with van der Waals surface area (Å²) in [4.78, 5) is 4.90. The maximum atomic E-state index is 7.18. The summed E-state index contributed by atoms with van der Waals surface area (Å²) >= 11 is 0. The van der Waals surface area contributed by atoms with Crippen molar-refractivity contribution in [2.75, 3.05) is 4.90 Å². The Morgan fingerprint density at radius 3 is 2.00 bits per heavy atom. The van der Waals surface area contributed by atoms with Crippen LogP contribution in [0.4, 0.5) is 5.69 Å². The Morgan fingerprint density at radius 1 is 1.15 bits per heavy atom. The van der Waals surface area contributed by atoms with Crippen molar-refractivity contribution in [3.05, 3.63) is 24.5 Å². The van der Waals surface area contributed by atoms with Crippen LogP contribution in [-0.2, 0) is 0 Å². The van der Waals surface area contributed by atoms with Crippen LogP contribution in [-0.4, -0.2) is 16.9 Å². The zero-order valence-electron chi connectivity index (χ0n) is 6.86. The summed E-state index contributed by atoms with van der Waals surface area (Å²) in [7, 11) is 0. The molecule has 0 unspecified atom stereocenters. The van der Waals surface area contributed by atoms with E-state index in [0.29, 0.717) is 5.69 Å². The summed E-state index contributed by atoms with van der Waals surface area (Å²) in [6.07, 6.45) is 3.07. The average molecular weight is 178 g/mol. The maximum absolute atomic E-state index is 7.18. The summed E-state index contributed by atoms with van der Waals surface area (Å²) in [5, 5.41) is 14.4. The van der Waals surface area contributed by atoms with Gasteiger partial charge in [-0.1, -0.05) is 0 Å². The Balaban J connectivity index is 3.03. The minimum atomic E-state index is -0.293. The molecule has 0 saturated carbocycles. The first-order valence-electron chi connectivity index (χ1n) is 3.51. The van der Waals surface area contributed by atoms with E-state index in [9.17, 15) is 0 Å². The number of hydrogen-bond acceptors (Lipinski definition) is 3. The van der Waals surface area contributed by atoms with E-state index in [1.807, 2.05) is 0 Å². The van der Waals surface area contributed by atoms with Crippen LogP contribution in [0.25, 0.3) is 0 Å². The first kappa shape index (κ1) is 8.98. The molecule has 0 bridgehead atoms. The molecule has 0 amide bonds. The fourth-order valence-electron chi connectivity index (χ4n) is 0.901. The van der Waals surface area contributed by atoms with Crippen LogP contribution < -0.4 is 16.4 Å². The second kappa shape index (κ2) is 3.53. The van der Waals surface area contributed by atoms with Crippen LogP contribution in [0.3, 0.4) is 0 Å². The molecule has 6 N–H and O–H groups in total. The first-order chi connectivity index (χ1) is 6.13. The van der Waals surface area contributed by atoms with Crippen molar-refractivity contribution in [2.24, 2.45) is 11.5 Å². The van der Waals surface area contributed by atoms with Crippen LogP contribution in [0.5, 0.6) is 0 Å². The van der Waals surface area contributed by atoms with E-state index in [4.69, 9.17) is 22.3 Å². The van der Waals surface area contributed by atoms with Gasteiger partial charge in [0.05, 0.1) is 5.69 Å². The topological polar surface area (TPSA) is 116 Å². The van der Waals surface area contributed by atoms with Crippen LogP contribution >= 0.6 is 0 Å². The van der Waals surface area contributed by atoms with Gasteiger partial charge in [0, 0.05) is 12.4 Å². The minimum absolute atomic E-state index is 0.293. The van der Waals surface area contributed by atoms with Gasteiger partial charge in [-0.15, -0.1) is 0 Å². The summed E-state index contributed by atoms with van der Waals surface area (Å²) in [6, 6.07) is 3.23. The monoisotopic (exact) mass is 178 g/mol. The van der Waals surface area contributed by atoms with Gasteiger partial charge in [0.2, 0.25) is 0 Å². The molecule has 0 aromatic carbocycles. The van der Waals surface area contributed by atoms with Gasteiger partial charge >= 0.3 is 0 Å². The van der Waals surface area contributed by atoms with Crippen molar-refractivity contribution in [1.29, 1.82) is 10.8 Å². The van der Waals surface area contributed by atoms with Gasteiger partial charge in [-0.3, -0.25) is 20.7 Å². The lowest BCUT2D eigenvalue weighted by Crippen LogP contribution is -2.45. The van der Waals surface area contributed by atoms with E-state index >= 15 is 0 Å². The first-order valence-corrected chi connectivity index (χ1v) is 3.51. The number of nitrogens with zero attached hydrogens (tertiary/aromatic N) is 2. The molecule has 0 atom stereocenters. The molecular formula is C7H10N6. The van der Waals surface area contributed by atoms with Gasteiger partial charge in [0.1, 0.15) is 0 Å². The molecule has 0 aliphatic heterocycles. The van der Waals surface area contributed by atoms with Gasteiger partial charge < -0.3 is 11.5 Å². The van der Waals surface area contributed by atoms with E-state index in [1.54, 1.807) is 12.1 Å². The molecule has 0 spiro atoms. The molecule has 1 aromatic rings. The van der Waals surface area contributed by atoms with Crippen molar-refractivity contribution < 1.29 is 0 Å². The van der Waals surface area contributed by atoms with E-state index in [0.717, 1.165) is 4.90 Å². The third-order valence-electron chi connectivity index (χ3n) is 1.40. The molecule has 0 fully saturated rings. The van der Waals surface area contributed by atoms with E-state index < -0.39 is 0 Å². The lowest BCUT2D eigenvalue weighted by atomic mass is 10.4. The van der Waals surface area contributed by atoms with Gasteiger partial charge in [0.15, 0.2) is 11.9 Å². The van der Waals surface area contributed by atoms with Crippen molar-refractivity contribution in [1.82, 2.24) is 4.98 Å². The highest BCUT2D eigenvalue weighted by atomic mass is 15.3. The molecule has 1 rings (SSSR count). The Kier molecular flexibility index (Phi) is 2.44. The van der Waals surface area contributed by atoms with E-state index in [2.05, 4.69) is 4.98 Å². The minimum Gasteiger partial charge on any atom is -0.369 e. The molecule has 13 heavy (non-hydrogen) atoms. The summed E-state index contributed by atoms with van der Waals surface area (Å²) in [5.41, 5.74) is 11.0. The number of guanidine groups is 2. The third-order valence-corrected chi connectivity index (χ3v) is 1.40. The van der Waals surface area contributed by atoms with Gasteiger partial charge in [-0.2, -0.15) is 0 Å². The van der Waals surface area contributed by atoms with Crippen LogP contribution in [0.15, 0.2) is 24.5 Å². The van der Waals surface area contributed by atoms with Gasteiger partial charge in [-0.25, -0.2) is 0 Å². The largest absolute Gasteiger partial charge is 0.369 e. The molecule has 1 heterocycles. The molecular weight excluding hydrogens is 168 g/mol. The lowest BCUT2D eigenvalue weighted by molar-refractivity contribution is 1.22. The molecule has 68 valence electrons. The maximum Gasteiger partial charge on any atom is 0.200 e. The highest BCUT2D eigenvalue weighted by Gasteiger charge is 2.11. The number of rotatable bonds is 1. The molecule has 0 aliphatic rings. The fraction of sp³-hybridized carbons (Fsp3) is 0. The second-order valence-electron chi connectivity index (χ2n) is 2.31. The fourth-order valence-corrected chi connectivity index (χ4v) is 0.901. The number of hydrogen-bond donors (Lipinski definition) is 4. The molecule has 0 saturated heterocycles. The van der Waals surface area contributed by atoms with Gasteiger partial charge in [0.25, 0.3) is 0 Å². The van der Waals surface area contributed by atoms with Crippen LogP contribution in [0, 0.1) is 10.8 Å². The summed E-state index contributed by atoms with van der Waals surface area (Å²) in [5.74, 6) is -0.586. The number of nitrogens with one attached hydrogen (secondary N) is 2. The average Bonchev–Trinajstić information content (AvgIpc) is 2.04. The van der Waals surface area contributed by atoms with E-state index in [-0.39, 0.29) is 11.9 Å². The highest BCUT2D eigenvalue weighted by Crippen LogP contribution is 2.09. The summed E-state index contributed by atoms with van der Waals surface area (Å²) in [6.45, 7) is 0. The Labute approximate surface area is 75.2 Å². The Bertz CT molecular complexity index is 305. The number of anilines is 1. The lowest BCUT2D eigenvalue weighted by Gasteiger charge is -2.19. The Hall–Kier alpha value is -2.11. The highest BCUT2D eigenvalue weighted by molar-refractivity contribution is 6.14. The molecule has 1 aromatic heterocycles. The van der Waals surface area contributed by atoms with Gasteiger partial charge in [-0.05, 0) is 12.1 Å². The number of nitrogens with two attached hydrogens (primary N) is 2. The molecule has 0 aliphatic carbocycles. The van der Waals surface area contributed by atoms with Crippen molar-refractivity contribution >= 4 is 17.6 Å². The molecule has 6 heteroatoms. The van der Waals surface area contributed by atoms with Crippen molar-refractivity contribution in [2.45, 2.75) is 0 Å². The molecule has 6 nitrogen and oxygen atoms in total. The van der Waals surface area contributed by atoms with Crippen LogP contribution in [0.2, 0.25) is 0 Å². The predicted molar refractivity (Wildman–Crippen MR) is 50.5 cm³/mol. The van der Waals surface area contributed by atoms with Crippen LogP contribution in [0.1, 0.15) is 0 Å². The zero-order valence-corrected chi connectivity index (χ0v) is 6.86. The normalized spacial score (nSPS) is 9.23. The number of aromatic nitrogens is 1. The molecule has 0 radical (unpaired) electrons. The standard InChI is InChI=1S/C7H10N6/c8-6(9)13(7(10)11)5-1-3-12-4-2-5/h1-4H,(H3,8,9)(H3,10,11). The van der Waals surface area contributed by atoms with E-state index in [1.165, 1.54) is 12.4 Å². The quantitative estimate of drug-likeness (QED) is 0.348. The van der Waals surface area contributed by atoms with Crippen molar-refractivity contribution in [3.63, 3.8) is 0 Å². The Morgan fingerprint density at radius 2 is 1.62 bits per heavy atom. The third kappa shape index (κ3) is 1.92.